The molecule has 0 unspecified atom stereocenters. The van der Waals surface area contributed by atoms with Gasteiger partial charge in [-0.2, -0.15) is 4.39 Å². The molecule has 0 spiro atoms. The van der Waals surface area contributed by atoms with Crippen molar-refractivity contribution < 1.29 is 8.81 Å². The van der Waals surface area contributed by atoms with Crippen LogP contribution in [0.1, 0.15) is 26.5 Å². The quantitative estimate of drug-likeness (QED) is 0.677. The fourth-order valence-electron chi connectivity index (χ4n) is 0.739. The first-order valence-electron chi connectivity index (χ1n) is 3.23. The van der Waals surface area contributed by atoms with Crippen LogP contribution in [-0.2, 0) is 5.41 Å². The summed E-state index contributed by atoms with van der Waals surface area (Å²) in [6.45, 7) is 5.68. The minimum absolute atomic E-state index is 0.281. The molecule has 0 saturated heterocycles. The van der Waals surface area contributed by atoms with Gasteiger partial charge in [0.2, 0.25) is 0 Å². The molecular formula is C7H9FINO. The van der Waals surface area contributed by atoms with Crippen LogP contribution in [0.5, 0.6) is 0 Å². The first kappa shape index (κ1) is 8.96. The van der Waals surface area contributed by atoms with Crippen molar-refractivity contribution in [2.75, 3.05) is 0 Å². The van der Waals surface area contributed by atoms with Crippen LogP contribution in [0.25, 0.3) is 0 Å². The molecule has 0 radical (unpaired) electrons. The molecule has 1 rings (SSSR count). The summed E-state index contributed by atoms with van der Waals surface area (Å²) in [4.78, 5) is 3.93. The molecule has 0 aliphatic rings. The van der Waals surface area contributed by atoms with Crippen LogP contribution in [0.3, 0.4) is 0 Å². The zero-order chi connectivity index (χ0) is 8.65. The Labute approximate surface area is 78.3 Å². The van der Waals surface area contributed by atoms with Gasteiger partial charge in [0.05, 0.1) is 0 Å². The number of rotatable bonds is 0. The lowest BCUT2D eigenvalue weighted by Gasteiger charge is -2.13. The molecule has 4 heteroatoms. The maximum absolute atomic E-state index is 12.9. The van der Waals surface area contributed by atoms with Crippen molar-refractivity contribution >= 4 is 22.6 Å². The van der Waals surface area contributed by atoms with Crippen LogP contribution >= 0.6 is 22.6 Å². The van der Waals surface area contributed by atoms with E-state index in [0.29, 0.717) is 9.59 Å². The maximum atomic E-state index is 12.9. The second-order valence-electron chi connectivity index (χ2n) is 3.34. The third kappa shape index (κ3) is 1.91. The molecule has 0 atom stereocenters. The molecule has 0 fully saturated rings. The summed E-state index contributed by atoms with van der Waals surface area (Å²) in [6.07, 6.45) is 0. The largest absolute Gasteiger partial charge is 0.406 e. The van der Waals surface area contributed by atoms with Gasteiger partial charge >= 0.3 is 6.01 Å². The molecular weight excluding hydrogens is 260 g/mol. The van der Waals surface area contributed by atoms with Gasteiger partial charge in [0, 0.05) is 28.0 Å². The Hall–Kier alpha value is -0.130. The van der Waals surface area contributed by atoms with Crippen molar-refractivity contribution in [3.63, 3.8) is 0 Å². The number of hydrogen-bond donors (Lipinski definition) is 0. The Morgan fingerprint density at radius 1 is 1.45 bits per heavy atom. The number of halogens is 2. The lowest BCUT2D eigenvalue weighted by molar-refractivity contribution is 0.328. The summed E-state index contributed by atoms with van der Waals surface area (Å²) in [7, 11) is 0. The Morgan fingerprint density at radius 2 is 2.00 bits per heavy atom. The third-order valence-corrected chi connectivity index (χ3v) is 1.73. The van der Waals surface area contributed by atoms with Gasteiger partial charge in [-0.25, -0.2) is 4.98 Å². The van der Waals surface area contributed by atoms with Crippen molar-refractivity contribution in [3.8, 4) is 0 Å². The van der Waals surface area contributed by atoms with E-state index in [9.17, 15) is 4.39 Å². The minimum atomic E-state index is -0.568. The molecule has 2 nitrogen and oxygen atoms in total. The molecule has 0 aliphatic carbocycles. The van der Waals surface area contributed by atoms with E-state index < -0.39 is 6.01 Å². The molecule has 0 N–H and O–H groups in total. The Bertz CT molecular complexity index is 264. The number of nitrogens with zero attached hydrogens (tertiary/aromatic N) is 1. The first-order chi connectivity index (χ1) is 4.91. The van der Waals surface area contributed by atoms with Crippen molar-refractivity contribution in [1.29, 1.82) is 0 Å². The summed E-state index contributed by atoms with van der Waals surface area (Å²) in [6, 6.07) is -0.568. The first-order valence-corrected chi connectivity index (χ1v) is 4.31. The predicted molar refractivity (Wildman–Crippen MR) is 47.9 cm³/mol. The molecule has 0 aliphatic heterocycles. The third-order valence-electron chi connectivity index (χ3n) is 1.27. The molecule has 0 bridgehead atoms. The van der Waals surface area contributed by atoms with Gasteiger partial charge < -0.3 is 4.42 Å². The SMILES string of the molecule is CC(C)(C)c1nc(I)oc1F. The predicted octanol–water partition coefficient (Wildman–Crippen LogP) is 2.72. The van der Waals surface area contributed by atoms with Gasteiger partial charge in [-0.1, -0.05) is 20.8 Å². The number of oxazole rings is 1. The van der Waals surface area contributed by atoms with E-state index in [0.717, 1.165) is 0 Å². The summed E-state index contributed by atoms with van der Waals surface area (Å²) in [5.74, 6) is 0. The smallest absolute Gasteiger partial charge is 0.302 e. The highest BCUT2D eigenvalue weighted by Gasteiger charge is 2.24. The summed E-state index contributed by atoms with van der Waals surface area (Å²) in [5, 5.41) is 0. The van der Waals surface area contributed by atoms with Crippen LogP contribution in [0.2, 0.25) is 0 Å². The van der Waals surface area contributed by atoms with E-state index in [-0.39, 0.29) is 5.41 Å². The highest BCUT2D eigenvalue weighted by molar-refractivity contribution is 14.1. The lowest BCUT2D eigenvalue weighted by Crippen LogP contribution is -2.13. The van der Waals surface area contributed by atoms with Gasteiger partial charge in [-0.3, -0.25) is 0 Å². The standard InChI is InChI=1S/C7H9FINO/c1-7(2,3)4-5(8)11-6(9)10-4/h1-3H3. The summed E-state index contributed by atoms with van der Waals surface area (Å²) in [5.41, 5.74) is 0.110. The molecule has 1 aromatic rings. The average Bonchev–Trinajstić information content (AvgIpc) is 2.08. The lowest BCUT2D eigenvalue weighted by atomic mass is 9.93. The fraction of sp³-hybridized carbons (Fsp3) is 0.571. The van der Waals surface area contributed by atoms with Gasteiger partial charge in [-0.05, 0) is 0 Å². The minimum Gasteiger partial charge on any atom is -0.406 e. The Morgan fingerprint density at radius 3 is 2.18 bits per heavy atom. The van der Waals surface area contributed by atoms with E-state index in [4.69, 9.17) is 0 Å². The molecule has 1 heterocycles. The van der Waals surface area contributed by atoms with Gasteiger partial charge in [0.15, 0.2) is 0 Å². The number of hydrogen-bond acceptors (Lipinski definition) is 2. The molecule has 1 aromatic heterocycles. The Kier molecular flexibility index (Phi) is 2.22. The summed E-state index contributed by atoms with van der Waals surface area (Å²) >= 11 is 1.85. The monoisotopic (exact) mass is 269 g/mol. The van der Waals surface area contributed by atoms with E-state index in [1.54, 1.807) is 0 Å². The second kappa shape index (κ2) is 2.73. The van der Waals surface area contributed by atoms with Crippen LogP contribution in [0.15, 0.2) is 4.42 Å². The van der Waals surface area contributed by atoms with Crippen LogP contribution in [0, 0.1) is 9.91 Å². The normalized spacial score (nSPS) is 12.1. The van der Waals surface area contributed by atoms with E-state index in [2.05, 4.69) is 9.40 Å². The van der Waals surface area contributed by atoms with E-state index in [1.165, 1.54) is 0 Å². The van der Waals surface area contributed by atoms with Crippen LogP contribution < -0.4 is 0 Å². The maximum Gasteiger partial charge on any atom is 0.302 e. The van der Waals surface area contributed by atoms with Crippen molar-refractivity contribution in [1.82, 2.24) is 4.98 Å². The zero-order valence-electron chi connectivity index (χ0n) is 6.61. The second-order valence-corrected chi connectivity index (χ2v) is 4.26. The van der Waals surface area contributed by atoms with Gasteiger partial charge in [-0.15, -0.1) is 0 Å². The summed E-state index contributed by atoms with van der Waals surface area (Å²) < 4.78 is 17.9. The van der Waals surface area contributed by atoms with E-state index in [1.807, 2.05) is 43.4 Å². The van der Waals surface area contributed by atoms with Crippen molar-refractivity contribution in [3.05, 3.63) is 15.6 Å². The highest BCUT2D eigenvalue weighted by Crippen LogP contribution is 2.24. The number of aromatic nitrogens is 1. The molecule has 62 valence electrons. The molecule has 0 amide bonds. The molecule has 0 aromatic carbocycles. The Balaban J connectivity index is 3.13. The van der Waals surface area contributed by atoms with Crippen LogP contribution in [-0.4, -0.2) is 4.98 Å². The van der Waals surface area contributed by atoms with Crippen molar-refractivity contribution in [2.24, 2.45) is 0 Å². The van der Waals surface area contributed by atoms with Gasteiger partial charge in [0.25, 0.3) is 3.90 Å². The fourth-order valence-corrected chi connectivity index (χ4v) is 1.17. The topological polar surface area (TPSA) is 26.0 Å². The van der Waals surface area contributed by atoms with Crippen LogP contribution in [0.4, 0.5) is 4.39 Å². The highest BCUT2D eigenvalue weighted by atomic mass is 127. The zero-order valence-corrected chi connectivity index (χ0v) is 8.77. The molecule has 11 heavy (non-hydrogen) atoms. The van der Waals surface area contributed by atoms with E-state index >= 15 is 0 Å². The average molecular weight is 269 g/mol. The van der Waals surface area contributed by atoms with Gasteiger partial charge in [0.1, 0.15) is 5.69 Å². The molecule has 0 saturated carbocycles. The van der Waals surface area contributed by atoms with Crippen molar-refractivity contribution in [2.45, 2.75) is 26.2 Å².